The van der Waals surface area contributed by atoms with Gasteiger partial charge in [-0.25, -0.2) is 9.97 Å². The number of hydrogen-bond acceptors (Lipinski definition) is 6. The van der Waals surface area contributed by atoms with Gasteiger partial charge < -0.3 is 4.52 Å². The largest absolute Gasteiger partial charge is 0.338 e. The van der Waals surface area contributed by atoms with Crippen LogP contribution in [0.1, 0.15) is 68.2 Å². The predicted molar refractivity (Wildman–Crippen MR) is 94.2 cm³/mol. The Hall–Kier alpha value is -1.95. The highest BCUT2D eigenvalue weighted by Crippen LogP contribution is 2.42. The SMILES string of the molecule is CC(C)c1noc([C@@H](C)Sc2nc(C3CC3)nc3ccccc23)n1. The molecule has 24 heavy (non-hydrogen) atoms. The minimum Gasteiger partial charge on any atom is -0.338 e. The Morgan fingerprint density at radius 2 is 1.88 bits per heavy atom. The molecule has 0 N–H and O–H groups in total. The molecule has 1 aliphatic rings. The molecule has 0 aliphatic heterocycles. The molecule has 1 atom stereocenters. The molecule has 2 aromatic heterocycles. The average molecular weight is 340 g/mol. The van der Waals surface area contributed by atoms with Gasteiger partial charge in [-0.1, -0.05) is 49.0 Å². The van der Waals surface area contributed by atoms with Crippen molar-refractivity contribution in [3.8, 4) is 0 Å². The van der Waals surface area contributed by atoms with E-state index in [0.717, 1.165) is 27.6 Å². The van der Waals surface area contributed by atoms with Crippen molar-refractivity contribution in [3.63, 3.8) is 0 Å². The molecule has 3 aromatic rings. The van der Waals surface area contributed by atoms with E-state index in [1.165, 1.54) is 12.8 Å². The maximum Gasteiger partial charge on any atom is 0.239 e. The fourth-order valence-electron chi connectivity index (χ4n) is 2.54. The van der Waals surface area contributed by atoms with Crippen LogP contribution >= 0.6 is 11.8 Å². The van der Waals surface area contributed by atoms with Crippen LogP contribution in [0, 0.1) is 0 Å². The maximum atomic E-state index is 5.44. The minimum absolute atomic E-state index is 0.0513. The zero-order chi connectivity index (χ0) is 16.7. The van der Waals surface area contributed by atoms with Gasteiger partial charge in [-0.15, -0.1) is 0 Å². The summed E-state index contributed by atoms with van der Waals surface area (Å²) in [5.74, 6) is 3.17. The summed E-state index contributed by atoms with van der Waals surface area (Å²) in [6.45, 7) is 6.20. The van der Waals surface area contributed by atoms with Crippen LogP contribution in [0.4, 0.5) is 0 Å². The summed E-state index contributed by atoms with van der Waals surface area (Å²) in [7, 11) is 0. The van der Waals surface area contributed by atoms with Gasteiger partial charge in [0, 0.05) is 17.2 Å². The fourth-order valence-corrected chi connectivity index (χ4v) is 3.52. The van der Waals surface area contributed by atoms with Gasteiger partial charge in [-0.3, -0.25) is 0 Å². The number of para-hydroxylation sites is 1. The van der Waals surface area contributed by atoms with Crippen molar-refractivity contribution in [3.05, 3.63) is 41.8 Å². The molecule has 4 rings (SSSR count). The molecule has 5 nitrogen and oxygen atoms in total. The molecule has 0 unspecified atom stereocenters. The zero-order valence-electron chi connectivity index (χ0n) is 14.1. The van der Waals surface area contributed by atoms with E-state index >= 15 is 0 Å². The molecule has 0 spiro atoms. The second-order valence-electron chi connectivity index (χ2n) is 6.58. The third-order valence-electron chi connectivity index (χ3n) is 4.14. The molecular weight excluding hydrogens is 320 g/mol. The van der Waals surface area contributed by atoms with Crippen LogP contribution in [-0.4, -0.2) is 20.1 Å². The summed E-state index contributed by atoms with van der Waals surface area (Å²) in [6, 6.07) is 8.19. The number of thioether (sulfide) groups is 1. The molecule has 1 aliphatic carbocycles. The first-order valence-corrected chi connectivity index (χ1v) is 9.26. The van der Waals surface area contributed by atoms with Crippen molar-refractivity contribution in [2.75, 3.05) is 0 Å². The molecule has 0 radical (unpaired) electrons. The molecule has 0 amide bonds. The second kappa shape index (κ2) is 6.16. The van der Waals surface area contributed by atoms with Crippen molar-refractivity contribution in [1.82, 2.24) is 20.1 Å². The normalized spacial score (nSPS) is 16.0. The lowest BCUT2D eigenvalue weighted by atomic mass is 10.2. The van der Waals surface area contributed by atoms with Gasteiger partial charge in [0.25, 0.3) is 0 Å². The van der Waals surface area contributed by atoms with Gasteiger partial charge >= 0.3 is 0 Å². The quantitative estimate of drug-likeness (QED) is 0.488. The monoisotopic (exact) mass is 340 g/mol. The van der Waals surface area contributed by atoms with Crippen LogP contribution in [0.15, 0.2) is 33.8 Å². The van der Waals surface area contributed by atoms with Crippen LogP contribution in [0.25, 0.3) is 10.9 Å². The number of rotatable bonds is 5. The van der Waals surface area contributed by atoms with E-state index in [1.54, 1.807) is 11.8 Å². The number of hydrogen-bond donors (Lipinski definition) is 0. The van der Waals surface area contributed by atoms with Gasteiger partial charge in [-0.2, -0.15) is 4.98 Å². The summed E-state index contributed by atoms with van der Waals surface area (Å²) in [5, 5.41) is 6.20. The number of aromatic nitrogens is 4. The Morgan fingerprint density at radius 3 is 2.58 bits per heavy atom. The summed E-state index contributed by atoms with van der Waals surface area (Å²) in [4.78, 5) is 14.1. The molecule has 1 fully saturated rings. The molecule has 2 heterocycles. The average Bonchev–Trinajstić information content (AvgIpc) is 3.30. The van der Waals surface area contributed by atoms with Gasteiger partial charge in [-0.05, 0) is 25.8 Å². The summed E-state index contributed by atoms with van der Waals surface area (Å²) >= 11 is 1.66. The molecule has 124 valence electrons. The molecule has 0 saturated heterocycles. The highest BCUT2D eigenvalue weighted by atomic mass is 32.2. The van der Waals surface area contributed by atoms with E-state index in [1.807, 2.05) is 12.1 Å². The summed E-state index contributed by atoms with van der Waals surface area (Å²) in [6.07, 6.45) is 2.39. The second-order valence-corrected chi connectivity index (χ2v) is 7.91. The first-order chi connectivity index (χ1) is 11.6. The Balaban J connectivity index is 1.67. The predicted octanol–water partition coefficient (Wildman–Crippen LogP) is 4.87. The molecule has 1 saturated carbocycles. The smallest absolute Gasteiger partial charge is 0.239 e. The lowest BCUT2D eigenvalue weighted by Gasteiger charge is -2.10. The van der Waals surface area contributed by atoms with Gasteiger partial charge in [0.15, 0.2) is 5.82 Å². The minimum atomic E-state index is 0.0513. The lowest BCUT2D eigenvalue weighted by Crippen LogP contribution is -1.98. The third kappa shape index (κ3) is 3.02. The molecular formula is C18H20N4OS. The molecule has 0 bridgehead atoms. The van der Waals surface area contributed by atoms with Gasteiger partial charge in [0.05, 0.1) is 10.8 Å². The van der Waals surface area contributed by atoms with Crippen molar-refractivity contribution < 1.29 is 4.52 Å². The van der Waals surface area contributed by atoms with Crippen LogP contribution in [0.2, 0.25) is 0 Å². The first-order valence-electron chi connectivity index (χ1n) is 8.38. The van der Waals surface area contributed by atoms with Crippen LogP contribution in [0.3, 0.4) is 0 Å². The maximum absolute atomic E-state index is 5.44. The Kier molecular flexibility index (Phi) is 4.00. The molecule has 1 aromatic carbocycles. The Morgan fingerprint density at radius 1 is 1.08 bits per heavy atom. The standard InChI is InChI=1S/C18H20N4OS/c1-10(2)15-20-17(23-22-15)11(3)24-18-13-6-4-5-7-14(13)19-16(21-18)12-8-9-12/h4-7,10-12H,8-9H2,1-3H3/t11-/m1/s1. The topological polar surface area (TPSA) is 64.7 Å². The number of fused-ring (bicyclic) bond motifs is 1. The van der Waals surface area contributed by atoms with E-state index in [0.29, 0.717) is 11.8 Å². The fraction of sp³-hybridized carbons (Fsp3) is 0.444. The van der Waals surface area contributed by atoms with E-state index in [4.69, 9.17) is 14.5 Å². The van der Waals surface area contributed by atoms with Crippen LogP contribution in [0.5, 0.6) is 0 Å². The third-order valence-corrected chi connectivity index (χ3v) is 5.23. The summed E-state index contributed by atoms with van der Waals surface area (Å²) < 4.78 is 5.44. The Bertz CT molecular complexity index is 872. The van der Waals surface area contributed by atoms with E-state index in [9.17, 15) is 0 Å². The van der Waals surface area contributed by atoms with Gasteiger partial charge in [0.2, 0.25) is 5.89 Å². The van der Waals surface area contributed by atoms with Crippen molar-refractivity contribution in [1.29, 1.82) is 0 Å². The zero-order valence-corrected chi connectivity index (χ0v) is 14.9. The van der Waals surface area contributed by atoms with E-state index < -0.39 is 0 Å². The van der Waals surface area contributed by atoms with Crippen LogP contribution < -0.4 is 0 Å². The molecule has 6 heteroatoms. The highest BCUT2D eigenvalue weighted by molar-refractivity contribution is 7.99. The number of nitrogens with zero attached hydrogens (tertiary/aromatic N) is 4. The van der Waals surface area contributed by atoms with Crippen molar-refractivity contribution in [2.24, 2.45) is 0 Å². The van der Waals surface area contributed by atoms with Gasteiger partial charge in [0.1, 0.15) is 10.9 Å². The van der Waals surface area contributed by atoms with E-state index in [2.05, 4.69) is 43.0 Å². The van der Waals surface area contributed by atoms with E-state index in [-0.39, 0.29) is 11.2 Å². The van der Waals surface area contributed by atoms with Crippen molar-refractivity contribution >= 4 is 22.7 Å². The Labute approximate surface area is 145 Å². The highest BCUT2D eigenvalue weighted by Gasteiger charge is 2.28. The lowest BCUT2D eigenvalue weighted by molar-refractivity contribution is 0.373. The summed E-state index contributed by atoms with van der Waals surface area (Å²) in [5.41, 5.74) is 1.01. The van der Waals surface area contributed by atoms with Crippen LogP contribution in [-0.2, 0) is 0 Å². The number of benzene rings is 1. The van der Waals surface area contributed by atoms with Crippen molar-refractivity contribution in [2.45, 2.75) is 55.7 Å². The first kappa shape index (κ1) is 15.6.